The second kappa shape index (κ2) is 9.34. The molecule has 0 bridgehead atoms. The van der Waals surface area contributed by atoms with Crippen molar-refractivity contribution in [1.82, 2.24) is 14.5 Å². The summed E-state index contributed by atoms with van der Waals surface area (Å²) in [5, 5.41) is 0. The summed E-state index contributed by atoms with van der Waals surface area (Å²) in [5.41, 5.74) is 4.03. The van der Waals surface area contributed by atoms with Gasteiger partial charge in [-0.05, 0) is 48.7 Å². The topological polar surface area (TPSA) is 103 Å². The molecule has 4 rings (SSSR count). The monoisotopic (exact) mass is 481 g/mol. The minimum absolute atomic E-state index is 0.279. The first-order valence-corrected chi connectivity index (χ1v) is 12.9. The molecule has 0 saturated heterocycles. The van der Waals surface area contributed by atoms with Crippen LogP contribution in [0.5, 0.6) is 11.5 Å². The van der Waals surface area contributed by atoms with Gasteiger partial charge in [-0.1, -0.05) is 30.3 Å². The van der Waals surface area contributed by atoms with Gasteiger partial charge in [-0.15, -0.1) is 0 Å². The molecule has 178 valence electrons. The van der Waals surface area contributed by atoms with Gasteiger partial charge in [0.15, 0.2) is 17.1 Å². The predicted octanol–water partition coefficient (Wildman–Crippen LogP) is 3.74. The van der Waals surface area contributed by atoms with Crippen LogP contribution in [-0.4, -0.2) is 48.7 Å². The quantitative estimate of drug-likeness (QED) is 0.411. The minimum atomic E-state index is -3.45. The number of hydrogen-bond donors (Lipinski definition) is 1. The Labute approximate surface area is 198 Å². The first kappa shape index (κ1) is 23.6. The number of pyridine rings is 1. The summed E-state index contributed by atoms with van der Waals surface area (Å²) in [6.07, 6.45) is 2.85. The lowest BCUT2D eigenvalue weighted by Crippen LogP contribution is -2.28. The molecule has 2 aromatic heterocycles. The average Bonchev–Trinajstić information content (AvgIpc) is 3.12. The zero-order valence-corrected chi connectivity index (χ0v) is 20.3. The van der Waals surface area contributed by atoms with Crippen LogP contribution in [-0.2, 0) is 9.84 Å². The minimum Gasteiger partial charge on any atom is -0.493 e. The van der Waals surface area contributed by atoms with Gasteiger partial charge in [0, 0.05) is 18.0 Å². The van der Waals surface area contributed by atoms with Crippen LogP contribution < -0.4 is 15.2 Å². The Hall–Kier alpha value is -3.59. The standard InChI is InChI=1S/C25H27N3O5S/c1-5-33-23-13-17(10-11-22(23)32-3)21(15-34(4,30)31)28-24-20(27-25(28)29)12-18(14-26-24)19-9-7-6-8-16(19)2/h6-14,21H,5,15H2,1-4H3,(H,27,29)/t21-/m1/s1. The molecular weight excluding hydrogens is 454 g/mol. The van der Waals surface area contributed by atoms with Gasteiger partial charge in [0.2, 0.25) is 0 Å². The van der Waals surface area contributed by atoms with Gasteiger partial charge >= 0.3 is 5.69 Å². The summed E-state index contributed by atoms with van der Waals surface area (Å²) >= 11 is 0. The number of nitrogens with zero attached hydrogens (tertiary/aromatic N) is 2. The van der Waals surface area contributed by atoms with Gasteiger partial charge in [0.25, 0.3) is 0 Å². The fourth-order valence-corrected chi connectivity index (χ4v) is 5.04. The van der Waals surface area contributed by atoms with E-state index in [-0.39, 0.29) is 5.75 Å². The van der Waals surface area contributed by atoms with Gasteiger partial charge < -0.3 is 14.5 Å². The number of nitrogens with one attached hydrogen (secondary N) is 1. The van der Waals surface area contributed by atoms with E-state index in [0.717, 1.165) is 22.9 Å². The van der Waals surface area contributed by atoms with Crippen LogP contribution in [0.1, 0.15) is 24.1 Å². The van der Waals surface area contributed by atoms with Crippen molar-refractivity contribution >= 4 is 21.0 Å². The lowest BCUT2D eigenvalue weighted by molar-refractivity contribution is 0.310. The number of methoxy groups -OCH3 is 1. The molecule has 2 heterocycles. The molecule has 0 unspecified atom stereocenters. The fourth-order valence-electron chi connectivity index (χ4n) is 4.12. The number of hydrogen-bond acceptors (Lipinski definition) is 6. The molecule has 34 heavy (non-hydrogen) atoms. The highest BCUT2D eigenvalue weighted by Crippen LogP contribution is 2.33. The second-order valence-corrected chi connectivity index (χ2v) is 10.3. The van der Waals surface area contributed by atoms with Crippen molar-refractivity contribution in [2.75, 3.05) is 25.7 Å². The van der Waals surface area contributed by atoms with Crippen molar-refractivity contribution in [1.29, 1.82) is 0 Å². The van der Waals surface area contributed by atoms with E-state index >= 15 is 0 Å². The van der Waals surface area contributed by atoms with Crippen LogP contribution >= 0.6 is 0 Å². The summed E-state index contributed by atoms with van der Waals surface area (Å²) in [5.74, 6) is 0.721. The van der Waals surface area contributed by atoms with E-state index in [2.05, 4.69) is 9.97 Å². The molecule has 0 aliphatic carbocycles. The van der Waals surface area contributed by atoms with Gasteiger partial charge in [0.1, 0.15) is 9.84 Å². The number of H-pyrrole nitrogens is 1. The Morgan fingerprint density at radius 1 is 1.12 bits per heavy atom. The molecule has 2 aromatic carbocycles. The third-order valence-electron chi connectivity index (χ3n) is 5.66. The van der Waals surface area contributed by atoms with Crippen LogP contribution in [0.15, 0.2) is 59.5 Å². The number of imidazole rings is 1. The molecule has 9 heteroatoms. The van der Waals surface area contributed by atoms with E-state index in [1.54, 1.807) is 24.4 Å². The maximum absolute atomic E-state index is 13.1. The highest BCUT2D eigenvalue weighted by atomic mass is 32.2. The Bertz CT molecular complexity index is 1500. The van der Waals surface area contributed by atoms with E-state index in [0.29, 0.717) is 34.8 Å². The Morgan fingerprint density at radius 2 is 1.88 bits per heavy atom. The van der Waals surface area contributed by atoms with Crippen LogP contribution in [0, 0.1) is 6.92 Å². The normalized spacial score (nSPS) is 12.6. The van der Waals surface area contributed by atoms with Crippen molar-refractivity contribution in [3.8, 4) is 22.6 Å². The van der Waals surface area contributed by atoms with E-state index < -0.39 is 21.6 Å². The number of benzene rings is 2. The maximum atomic E-state index is 13.1. The summed E-state index contributed by atoms with van der Waals surface area (Å²) in [7, 11) is -1.92. The molecule has 0 saturated carbocycles. The lowest BCUT2D eigenvalue weighted by atomic mass is 10.0. The van der Waals surface area contributed by atoms with E-state index in [1.165, 1.54) is 11.7 Å². The highest BCUT2D eigenvalue weighted by Gasteiger charge is 2.25. The number of fused-ring (bicyclic) bond motifs is 1. The van der Waals surface area contributed by atoms with Gasteiger partial charge in [-0.3, -0.25) is 4.57 Å². The van der Waals surface area contributed by atoms with Gasteiger partial charge in [-0.25, -0.2) is 18.2 Å². The number of aryl methyl sites for hydroxylation is 1. The Morgan fingerprint density at radius 3 is 2.56 bits per heavy atom. The van der Waals surface area contributed by atoms with E-state index in [1.807, 2.05) is 44.2 Å². The average molecular weight is 482 g/mol. The molecule has 0 amide bonds. The lowest BCUT2D eigenvalue weighted by Gasteiger charge is -2.20. The maximum Gasteiger partial charge on any atom is 0.328 e. The summed E-state index contributed by atoms with van der Waals surface area (Å²) in [4.78, 5) is 20.5. The summed E-state index contributed by atoms with van der Waals surface area (Å²) in [6, 6.07) is 14.1. The molecule has 1 N–H and O–H groups in total. The number of sulfone groups is 1. The Balaban J connectivity index is 1.89. The van der Waals surface area contributed by atoms with Crippen LogP contribution in [0.2, 0.25) is 0 Å². The number of aromatic amines is 1. The molecule has 1 atom stereocenters. The molecule has 8 nitrogen and oxygen atoms in total. The highest BCUT2D eigenvalue weighted by molar-refractivity contribution is 7.90. The van der Waals surface area contributed by atoms with Crippen LogP contribution in [0.3, 0.4) is 0 Å². The van der Waals surface area contributed by atoms with Crippen LogP contribution in [0.4, 0.5) is 0 Å². The third kappa shape index (κ3) is 4.70. The van der Waals surface area contributed by atoms with Gasteiger partial charge in [0.05, 0.1) is 31.0 Å². The largest absolute Gasteiger partial charge is 0.493 e. The summed E-state index contributed by atoms with van der Waals surface area (Å²) in [6.45, 7) is 4.27. The molecular formula is C25H27N3O5S. The predicted molar refractivity (Wildman–Crippen MR) is 133 cm³/mol. The molecule has 0 aliphatic heterocycles. The van der Waals surface area contributed by atoms with Crippen LogP contribution in [0.25, 0.3) is 22.3 Å². The van der Waals surface area contributed by atoms with Crippen molar-refractivity contribution in [2.45, 2.75) is 19.9 Å². The second-order valence-electron chi connectivity index (χ2n) is 8.16. The SMILES string of the molecule is CCOc1cc([C@@H](CS(C)(=O)=O)n2c(=O)[nH]c3cc(-c4ccccc4C)cnc32)ccc1OC. The zero-order chi connectivity index (χ0) is 24.5. The molecule has 0 radical (unpaired) electrons. The van der Waals surface area contributed by atoms with Crippen molar-refractivity contribution in [2.24, 2.45) is 0 Å². The summed E-state index contributed by atoms with van der Waals surface area (Å²) < 4.78 is 37.2. The van der Waals surface area contributed by atoms with Crippen molar-refractivity contribution in [3.63, 3.8) is 0 Å². The molecule has 0 spiro atoms. The van der Waals surface area contributed by atoms with Crippen molar-refractivity contribution < 1.29 is 17.9 Å². The smallest absolute Gasteiger partial charge is 0.328 e. The Kier molecular flexibility index (Phi) is 6.47. The first-order valence-electron chi connectivity index (χ1n) is 10.9. The zero-order valence-electron chi connectivity index (χ0n) is 19.5. The number of aromatic nitrogens is 3. The van der Waals surface area contributed by atoms with E-state index in [9.17, 15) is 13.2 Å². The molecule has 0 aliphatic rings. The number of rotatable bonds is 8. The molecule has 0 fully saturated rings. The first-order chi connectivity index (χ1) is 16.2. The number of ether oxygens (including phenoxy) is 2. The van der Waals surface area contributed by atoms with Gasteiger partial charge in [-0.2, -0.15) is 0 Å². The fraction of sp³-hybridized carbons (Fsp3) is 0.280. The van der Waals surface area contributed by atoms with E-state index in [4.69, 9.17) is 9.47 Å². The van der Waals surface area contributed by atoms with Crippen molar-refractivity contribution in [3.05, 3.63) is 76.3 Å². The molecule has 4 aromatic rings. The third-order valence-corrected chi connectivity index (χ3v) is 6.58.